The number of hydrogen-bond donors (Lipinski definition) is 1. The Kier molecular flexibility index (Phi) is 6.63. The Hall–Kier alpha value is -3.09. The highest BCUT2D eigenvalue weighted by Gasteiger charge is 2.26. The van der Waals surface area contributed by atoms with Gasteiger partial charge >= 0.3 is 0 Å². The molecule has 0 saturated heterocycles. The van der Waals surface area contributed by atoms with Crippen molar-refractivity contribution in [2.45, 2.75) is 24.3 Å². The maximum absolute atomic E-state index is 13.4. The number of carbonyl (C=O) groups is 1. The van der Waals surface area contributed by atoms with Gasteiger partial charge in [-0.1, -0.05) is 78.0 Å². The van der Waals surface area contributed by atoms with Crippen LogP contribution in [-0.2, 0) is 11.8 Å². The minimum absolute atomic E-state index is 0.114. The highest BCUT2D eigenvalue weighted by molar-refractivity contribution is 8.00. The number of carbonyl (C=O) groups excluding carboxylic acids is 1. The fourth-order valence-corrected chi connectivity index (χ4v) is 4.59. The van der Waals surface area contributed by atoms with Gasteiger partial charge in [-0.3, -0.25) is 4.79 Å². The van der Waals surface area contributed by atoms with Crippen molar-refractivity contribution >= 4 is 35.0 Å². The molecule has 0 bridgehead atoms. The van der Waals surface area contributed by atoms with E-state index in [0.29, 0.717) is 16.0 Å². The number of rotatable bonds is 6. The van der Waals surface area contributed by atoms with E-state index in [1.54, 1.807) is 0 Å². The van der Waals surface area contributed by atoms with Crippen LogP contribution in [0.1, 0.15) is 21.9 Å². The lowest BCUT2D eigenvalue weighted by Crippen LogP contribution is -2.20. The number of thioether (sulfide) groups is 1. The molecule has 7 heteroatoms. The average Bonchev–Trinajstić information content (AvgIpc) is 3.15. The smallest absolute Gasteiger partial charge is 0.242 e. The Balaban J connectivity index is 1.66. The summed E-state index contributed by atoms with van der Waals surface area (Å²) >= 11 is 7.72. The van der Waals surface area contributed by atoms with Crippen molar-refractivity contribution in [1.29, 1.82) is 0 Å². The second kappa shape index (κ2) is 9.59. The first-order valence-electron chi connectivity index (χ1n) is 10.2. The zero-order chi connectivity index (χ0) is 22.7. The molecule has 4 aromatic rings. The number of aryl methyl sites for hydroxylation is 2. The minimum Gasteiger partial charge on any atom is -0.325 e. The molecule has 32 heavy (non-hydrogen) atoms. The first-order chi connectivity index (χ1) is 15.4. The first-order valence-corrected chi connectivity index (χ1v) is 11.4. The van der Waals surface area contributed by atoms with E-state index in [-0.39, 0.29) is 5.91 Å². The summed E-state index contributed by atoms with van der Waals surface area (Å²) in [6.07, 6.45) is 0. The molecular weight excluding hydrogens is 440 g/mol. The Morgan fingerprint density at radius 3 is 2.47 bits per heavy atom. The number of nitrogens with zero attached hydrogens (tertiary/aromatic N) is 3. The van der Waals surface area contributed by atoms with E-state index in [4.69, 9.17) is 11.6 Å². The van der Waals surface area contributed by atoms with Crippen LogP contribution in [0.3, 0.4) is 0 Å². The molecule has 1 amide bonds. The van der Waals surface area contributed by atoms with Gasteiger partial charge in [0.2, 0.25) is 5.91 Å². The summed E-state index contributed by atoms with van der Waals surface area (Å²) in [5.41, 5.74) is 4.61. The Morgan fingerprint density at radius 1 is 1.00 bits per heavy atom. The zero-order valence-electron chi connectivity index (χ0n) is 18.0. The molecule has 1 N–H and O–H groups in total. The van der Waals surface area contributed by atoms with Gasteiger partial charge in [-0.15, -0.1) is 10.2 Å². The highest BCUT2D eigenvalue weighted by atomic mass is 35.5. The summed E-state index contributed by atoms with van der Waals surface area (Å²) in [6.45, 7) is 3.99. The molecule has 0 saturated carbocycles. The molecule has 0 aliphatic heterocycles. The van der Waals surface area contributed by atoms with Crippen molar-refractivity contribution in [3.63, 3.8) is 0 Å². The molecule has 0 fully saturated rings. The lowest BCUT2D eigenvalue weighted by Gasteiger charge is -2.18. The van der Waals surface area contributed by atoms with E-state index in [9.17, 15) is 4.79 Å². The number of hydrogen-bond acceptors (Lipinski definition) is 4. The van der Waals surface area contributed by atoms with E-state index in [2.05, 4.69) is 15.5 Å². The molecule has 0 radical (unpaired) electrons. The summed E-state index contributed by atoms with van der Waals surface area (Å²) in [6, 6.07) is 23.2. The van der Waals surface area contributed by atoms with Gasteiger partial charge < -0.3 is 9.88 Å². The molecule has 0 aliphatic rings. The quantitative estimate of drug-likeness (QED) is 0.345. The van der Waals surface area contributed by atoms with Gasteiger partial charge in [0.05, 0.1) is 5.02 Å². The lowest BCUT2D eigenvalue weighted by molar-refractivity contribution is -0.115. The number of halogens is 1. The van der Waals surface area contributed by atoms with Crippen molar-refractivity contribution in [1.82, 2.24) is 14.8 Å². The molecule has 162 valence electrons. The Labute approximate surface area is 196 Å². The Bertz CT molecular complexity index is 1260. The SMILES string of the molecule is Cc1ccc(C)c(NC(=O)C(Sc2nnc(-c3ccccc3Cl)n2C)c2ccccc2)c1. The van der Waals surface area contributed by atoms with Crippen LogP contribution in [-0.4, -0.2) is 20.7 Å². The second-order valence-corrected chi connectivity index (χ2v) is 9.04. The van der Waals surface area contributed by atoms with Gasteiger partial charge in [0.25, 0.3) is 0 Å². The van der Waals surface area contributed by atoms with E-state index in [1.807, 2.05) is 98.3 Å². The summed E-state index contributed by atoms with van der Waals surface area (Å²) in [5.74, 6) is 0.539. The number of amides is 1. The van der Waals surface area contributed by atoms with Crippen LogP contribution in [0.5, 0.6) is 0 Å². The molecule has 0 spiro atoms. The molecule has 4 rings (SSSR count). The molecule has 1 heterocycles. The first kappa shape index (κ1) is 22.1. The van der Waals surface area contributed by atoms with Gasteiger partial charge in [-0.2, -0.15) is 0 Å². The molecule has 0 aliphatic carbocycles. The van der Waals surface area contributed by atoms with E-state index >= 15 is 0 Å². The molecular formula is C25H23ClN4OS. The van der Waals surface area contributed by atoms with Crippen molar-refractivity contribution in [3.05, 3.63) is 94.5 Å². The topological polar surface area (TPSA) is 59.8 Å². The average molecular weight is 463 g/mol. The fourth-order valence-electron chi connectivity index (χ4n) is 3.37. The predicted octanol–water partition coefficient (Wildman–Crippen LogP) is 6.22. The Morgan fingerprint density at radius 2 is 1.72 bits per heavy atom. The van der Waals surface area contributed by atoms with Crippen molar-refractivity contribution in [2.75, 3.05) is 5.32 Å². The van der Waals surface area contributed by atoms with Crippen LogP contribution in [0.4, 0.5) is 5.69 Å². The summed E-state index contributed by atoms with van der Waals surface area (Å²) in [5, 5.41) is 12.5. The predicted molar refractivity (Wildman–Crippen MR) is 131 cm³/mol. The van der Waals surface area contributed by atoms with Gasteiger partial charge in [0.15, 0.2) is 11.0 Å². The highest BCUT2D eigenvalue weighted by Crippen LogP contribution is 2.37. The summed E-state index contributed by atoms with van der Waals surface area (Å²) in [4.78, 5) is 13.4. The van der Waals surface area contributed by atoms with Gasteiger partial charge in [-0.25, -0.2) is 0 Å². The maximum atomic E-state index is 13.4. The van der Waals surface area contributed by atoms with Crippen LogP contribution in [0, 0.1) is 13.8 Å². The van der Waals surface area contributed by atoms with Crippen molar-refractivity contribution in [3.8, 4) is 11.4 Å². The van der Waals surface area contributed by atoms with Gasteiger partial charge in [0, 0.05) is 18.3 Å². The number of nitrogens with one attached hydrogen (secondary N) is 1. The third-order valence-electron chi connectivity index (χ3n) is 5.16. The van der Waals surface area contributed by atoms with E-state index in [1.165, 1.54) is 11.8 Å². The maximum Gasteiger partial charge on any atom is 0.242 e. The zero-order valence-corrected chi connectivity index (χ0v) is 19.6. The molecule has 1 atom stereocenters. The van der Waals surface area contributed by atoms with Crippen LogP contribution in [0.15, 0.2) is 78.0 Å². The van der Waals surface area contributed by atoms with E-state index < -0.39 is 5.25 Å². The number of anilines is 1. The van der Waals surface area contributed by atoms with Crippen LogP contribution >= 0.6 is 23.4 Å². The van der Waals surface area contributed by atoms with E-state index in [0.717, 1.165) is 27.9 Å². The molecule has 3 aromatic carbocycles. The lowest BCUT2D eigenvalue weighted by atomic mass is 10.1. The minimum atomic E-state index is -0.502. The molecule has 5 nitrogen and oxygen atoms in total. The second-order valence-electron chi connectivity index (χ2n) is 7.56. The third kappa shape index (κ3) is 4.71. The van der Waals surface area contributed by atoms with Crippen molar-refractivity contribution in [2.24, 2.45) is 7.05 Å². The van der Waals surface area contributed by atoms with Crippen LogP contribution in [0.2, 0.25) is 5.02 Å². The standard InChI is InChI=1S/C25H23ClN4OS/c1-16-13-14-17(2)21(15-16)27-24(31)22(18-9-5-4-6-10-18)32-25-29-28-23(30(25)3)19-11-7-8-12-20(19)26/h4-15,22H,1-3H3,(H,27,31). The van der Waals surface area contributed by atoms with Crippen LogP contribution < -0.4 is 5.32 Å². The molecule has 1 aromatic heterocycles. The summed E-state index contributed by atoms with van der Waals surface area (Å²) in [7, 11) is 1.88. The number of aromatic nitrogens is 3. The fraction of sp³-hybridized carbons (Fsp3) is 0.160. The van der Waals surface area contributed by atoms with Crippen molar-refractivity contribution < 1.29 is 4.79 Å². The van der Waals surface area contributed by atoms with Gasteiger partial charge in [0.1, 0.15) is 5.25 Å². The third-order valence-corrected chi connectivity index (χ3v) is 6.78. The normalized spacial score (nSPS) is 11.9. The van der Waals surface area contributed by atoms with Gasteiger partial charge in [-0.05, 0) is 48.7 Å². The monoisotopic (exact) mass is 462 g/mol. The number of benzene rings is 3. The summed E-state index contributed by atoms with van der Waals surface area (Å²) < 4.78 is 1.87. The molecule has 1 unspecified atom stereocenters. The largest absolute Gasteiger partial charge is 0.325 e. The van der Waals surface area contributed by atoms with Crippen LogP contribution in [0.25, 0.3) is 11.4 Å².